The number of carbonyl (C=O) groups excluding carboxylic acids is 2. The number of benzene rings is 2. The number of phenols is 3. The Hall–Kier alpha value is -3.22. The molecule has 7 heteroatoms. The van der Waals surface area contributed by atoms with Gasteiger partial charge < -0.3 is 25.4 Å². The minimum atomic E-state index is -0.987. The van der Waals surface area contributed by atoms with E-state index in [-0.39, 0.29) is 24.3 Å². The number of amides is 1. The van der Waals surface area contributed by atoms with E-state index >= 15 is 0 Å². The normalized spacial score (nSPS) is 11.6. The average Bonchev–Trinajstić information content (AvgIpc) is 2.58. The van der Waals surface area contributed by atoms with Crippen LogP contribution in [0.5, 0.6) is 17.2 Å². The van der Waals surface area contributed by atoms with E-state index in [0.29, 0.717) is 5.56 Å². The molecule has 0 bridgehead atoms. The third-order valence-electron chi connectivity index (χ3n) is 3.51. The van der Waals surface area contributed by atoms with Gasteiger partial charge in [-0.3, -0.25) is 4.79 Å². The molecular weight excluding hydrogens is 326 g/mol. The number of rotatable bonds is 6. The fourth-order valence-corrected chi connectivity index (χ4v) is 2.25. The van der Waals surface area contributed by atoms with Crippen molar-refractivity contribution in [3.8, 4) is 17.2 Å². The van der Waals surface area contributed by atoms with E-state index in [1.54, 1.807) is 19.1 Å². The summed E-state index contributed by atoms with van der Waals surface area (Å²) in [5.41, 5.74) is 0.552. The van der Waals surface area contributed by atoms with Gasteiger partial charge in [0.05, 0.1) is 12.2 Å². The van der Waals surface area contributed by atoms with Gasteiger partial charge in [-0.25, -0.2) is 4.79 Å². The van der Waals surface area contributed by atoms with Crippen LogP contribution in [0, 0.1) is 0 Å². The topological polar surface area (TPSA) is 116 Å². The number of phenolic OH excluding ortho intramolecular Hbond substituents is 3. The molecule has 0 aromatic heterocycles. The van der Waals surface area contributed by atoms with E-state index in [9.17, 15) is 24.9 Å². The maximum absolute atomic E-state index is 12.4. The SMILES string of the molecule is CCOC(=O)[C@H](Cc1ccc(O)cc1)NC(=O)c1cccc(O)c1O. The lowest BCUT2D eigenvalue weighted by Gasteiger charge is -2.18. The predicted octanol–water partition coefficient (Wildman–Crippen LogP) is 1.71. The number of carbonyl (C=O) groups is 2. The Morgan fingerprint density at radius 1 is 1.08 bits per heavy atom. The molecule has 0 unspecified atom stereocenters. The molecule has 0 aliphatic heterocycles. The molecular formula is C18H19NO6. The van der Waals surface area contributed by atoms with Crippen molar-refractivity contribution in [2.24, 2.45) is 0 Å². The minimum Gasteiger partial charge on any atom is -0.508 e. The van der Waals surface area contributed by atoms with Gasteiger partial charge in [-0.05, 0) is 36.8 Å². The summed E-state index contributed by atoms with van der Waals surface area (Å²) in [5.74, 6) is -2.25. The van der Waals surface area contributed by atoms with Crippen LogP contribution in [0.4, 0.5) is 0 Å². The van der Waals surface area contributed by atoms with Crippen molar-refractivity contribution in [3.63, 3.8) is 0 Å². The zero-order valence-electron chi connectivity index (χ0n) is 13.6. The Bertz CT molecular complexity index is 757. The highest BCUT2D eigenvalue weighted by Gasteiger charge is 2.25. The summed E-state index contributed by atoms with van der Waals surface area (Å²) in [7, 11) is 0. The highest BCUT2D eigenvalue weighted by atomic mass is 16.5. The van der Waals surface area contributed by atoms with Gasteiger partial charge >= 0.3 is 5.97 Å². The second-order valence-electron chi connectivity index (χ2n) is 5.32. The first kappa shape index (κ1) is 18.1. The Morgan fingerprint density at radius 2 is 1.76 bits per heavy atom. The molecule has 1 atom stereocenters. The largest absolute Gasteiger partial charge is 0.508 e. The summed E-state index contributed by atoms with van der Waals surface area (Å²) >= 11 is 0. The van der Waals surface area contributed by atoms with Crippen LogP contribution in [0.15, 0.2) is 42.5 Å². The first-order chi connectivity index (χ1) is 11.9. The van der Waals surface area contributed by atoms with Gasteiger partial charge in [0.15, 0.2) is 11.5 Å². The predicted molar refractivity (Wildman–Crippen MR) is 89.5 cm³/mol. The first-order valence-electron chi connectivity index (χ1n) is 7.68. The molecule has 4 N–H and O–H groups in total. The monoisotopic (exact) mass is 345 g/mol. The molecule has 0 spiro atoms. The zero-order chi connectivity index (χ0) is 18.4. The molecule has 2 aromatic rings. The average molecular weight is 345 g/mol. The number of para-hydroxylation sites is 1. The molecule has 7 nitrogen and oxygen atoms in total. The third kappa shape index (κ3) is 4.63. The number of ether oxygens (including phenoxy) is 1. The molecule has 1 amide bonds. The molecule has 0 fully saturated rings. The highest BCUT2D eigenvalue weighted by Crippen LogP contribution is 2.28. The molecule has 2 rings (SSSR count). The summed E-state index contributed by atoms with van der Waals surface area (Å²) in [6.07, 6.45) is 0.143. The number of esters is 1. The molecule has 0 heterocycles. The first-order valence-corrected chi connectivity index (χ1v) is 7.68. The van der Waals surface area contributed by atoms with E-state index in [4.69, 9.17) is 4.74 Å². The molecule has 0 aliphatic carbocycles. The van der Waals surface area contributed by atoms with Crippen molar-refractivity contribution in [1.29, 1.82) is 0 Å². The van der Waals surface area contributed by atoms with Crippen LogP contribution in [0.2, 0.25) is 0 Å². The summed E-state index contributed by atoms with van der Waals surface area (Å²) in [6.45, 7) is 1.80. The van der Waals surface area contributed by atoms with Crippen molar-refractivity contribution in [1.82, 2.24) is 5.32 Å². The molecule has 25 heavy (non-hydrogen) atoms. The van der Waals surface area contributed by atoms with Gasteiger partial charge in [0, 0.05) is 6.42 Å². The van der Waals surface area contributed by atoms with Crippen molar-refractivity contribution in [2.45, 2.75) is 19.4 Å². The molecule has 0 saturated heterocycles. The maximum Gasteiger partial charge on any atom is 0.328 e. The highest BCUT2D eigenvalue weighted by molar-refractivity contribution is 5.99. The number of nitrogens with one attached hydrogen (secondary N) is 1. The summed E-state index contributed by atoms with van der Waals surface area (Å²) < 4.78 is 4.98. The van der Waals surface area contributed by atoms with E-state index in [0.717, 1.165) is 0 Å². The third-order valence-corrected chi connectivity index (χ3v) is 3.51. The number of aromatic hydroxyl groups is 3. The Labute approximate surface area is 144 Å². The standard InChI is InChI=1S/C18H19NO6/c1-2-25-18(24)14(10-11-6-8-12(20)9-7-11)19-17(23)13-4-3-5-15(21)16(13)22/h3-9,14,20-22H,2,10H2,1H3,(H,19,23)/t14-/m0/s1. The van der Waals surface area contributed by atoms with Crippen LogP contribution in [-0.4, -0.2) is 39.8 Å². The number of hydrogen-bond acceptors (Lipinski definition) is 6. The smallest absolute Gasteiger partial charge is 0.328 e. The van der Waals surface area contributed by atoms with Gasteiger partial charge in [-0.2, -0.15) is 0 Å². The van der Waals surface area contributed by atoms with Crippen molar-refractivity contribution in [2.75, 3.05) is 6.61 Å². The van der Waals surface area contributed by atoms with Crippen LogP contribution in [0.25, 0.3) is 0 Å². The summed E-state index contributed by atoms with van der Waals surface area (Å²) in [6, 6.07) is 9.18. The zero-order valence-corrected chi connectivity index (χ0v) is 13.6. The Balaban J connectivity index is 2.20. The lowest BCUT2D eigenvalue weighted by Crippen LogP contribution is -2.43. The van der Waals surface area contributed by atoms with Gasteiger partial charge in [-0.15, -0.1) is 0 Å². The van der Waals surface area contributed by atoms with Crippen LogP contribution in [0.3, 0.4) is 0 Å². The molecule has 0 radical (unpaired) electrons. The Morgan fingerprint density at radius 3 is 2.40 bits per heavy atom. The molecule has 132 valence electrons. The Kier molecular flexibility index (Phi) is 5.84. The summed E-state index contributed by atoms with van der Waals surface area (Å²) in [4.78, 5) is 24.5. The van der Waals surface area contributed by atoms with Crippen molar-refractivity contribution >= 4 is 11.9 Å². The van der Waals surface area contributed by atoms with Crippen LogP contribution in [-0.2, 0) is 16.0 Å². The van der Waals surface area contributed by atoms with Gasteiger partial charge in [0.1, 0.15) is 11.8 Å². The van der Waals surface area contributed by atoms with E-state index in [2.05, 4.69) is 5.32 Å². The fraction of sp³-hybridized carbons (Fsp3) is 0.222. The molecule has 0 aliphatic rings. The van der Waals surface area contributed by atoms with Crippen LogP contribution >= 0.6 is 0 Å². The van der Waals surface area contributed by atoms with E-state index in [1.165, 1.54) is 30.3 Å². The van der Waals surface area contributed by atoms with Crippen molar-refractivity contribution < 1.29 is 29.6 Å². The fourth-order valence-electron chi connectivity index (χ4n) is 2.25. The van der Waals surface area contributed by atoms with Gasteiger partial charge in [0.2, 0.25) is 0 Å². The quantitative estimate of drug-likeness (QED) is 0.468. The maximum atomic E-state index is 12.4. The van der Waals surface area contributed by atoms with Gasteiger partial charge in [-0.1, -0.05) is 18.2 Å². The van der Waals surface area contributed by atoms with Crippen LogP contribution < -0.4 is 5.32 Å². The van der Waals surface area contributed by atoms with E-state index in [1.807, 2.05) is 0 Å². The lowest BCUT2D eigenvalue weighted by molar-refractivity contribution is -0.145. The minimum absolute atomic E-state index is 0.0881. The van der Waals surface area contributed by atoms with Crippen molar-refractivity contribution in [3.05, 3.63) is 53.6 Å². The molecule has 0 saturated carbocycles. The van der Waals surface area contributed by atoms with Gasteiger partial charge in [0.25, 0.3) is 5.91 Å². The second kappa shape index (κ2) is 8.05. The summed E-state index contributed by atoms with van der Waals surface area (Å²) in [5, 5.41) is 31.1. The lowest BCUT2D eigenvalue weighted by atomic mass is 10.0. The number of hydrogen-bond donors (Lipinski definition) is 4. The van der Waals surface area contributed by atoms with Crippen LogP contribution in [0.1, 0.15) is 22.8 Å². The molecule has 2 aromatic carbocycles. The van der Waals surface area contributed by atoms with E-state index < -0.39 is 29.4 Å². The second-order valence-corrected chi connectivity index (χ2v) is 5.32.